The average Bonchev–Trinajstić information content (AvgIpc) is 2.82. The first-order chi connectivity index (χ1) is 16.8. The highest BCUT2D eigenvalue weighted by Gasteiger charge is 2.15. The van der Waals surface area contributed by atoms with Gasteiger partial charge >= 0.3 is 0 Å². The number of carbonyl (C=O) groups is 2. The number of nitrogens with zero attached hydrogens (tertiary/aromatic N) is 1. The van der Waals surface area contributed by atoms with Gasteiger partial charge in [0, 0.05) is 21.4 Å². The van der Waals surface area contributed by atoms with E-state index in [1.165, 1.54) is 13.2 Å². The number of rotatable bonds is 8. The lowest BCUT2D eigenvalue weighted by atomic mass is 10.1. The molecule has 0 aliphatic carbocycles. The Morgan fingerprint density at radius 1 is 1.03 bits per heavy atom. The predicted octanol–water partition coefficient (Wildman–Crippen LogP) is 6.33. The minimum Gasteiger partial charge on any atom is -0.493 e. The van der Waals surface area contributed by atoms with Crippen molar-refractivity contribution in [3.63, 3.8) is 0 Å². The number of nitrogens with one attached hydrogen (secondary N) is 2. The van der Waals surface area contributed by atoms with E-state index in [-0.39, 0.29) is 23.8 Å². The van der Waals surface area contributed by atoms with Gasteiger partial charge in [-0.25, -0.2) is 0 Å². The van der Waals surface area contributed by atoms with Crippen LogP contribution >= 0.6 is 39.1 Å². The summed E-state index contributed by atoms with van der Waals surface area (Å²) < 4.78 is 11.5. The van der Waals surface area contributed by atoms with E-state index in [2.05, 4.69) is 26.6 Å². The SMILES string of the molecule is COc1cc(/C=C(\C#N)C(=O)Nc2cccc(Cl)c2)cc(Br)c1OCC(=O)Nc1ccc(Cl)cc1. The van der Waals surface area contributed by atoms with Crippen LogP contribution in [0.5, 0.6) is 11.5 Å². The zero-order valence-corrected chi connectivity index (χ0v) is 21.4. The van der Waals surface area contributed by atoms with Crippen molar-refractivity contribution in [2.24, 2.45) is 0 Å². The van der Waals surface area contributed by atoms with E-state index in [4.69, 9.17) is 32.7 Å². The molecule has 0 saturated carbocycles. The molecular weight excluding hydrogens is 557 g/mol. The summed E-state index contributed by atoms with van der Waals surface area (Å²) in [4.78, 5) is 24.8. The van der Waals surface area contributed by atoms with Gasteiger partial charge in [0.2, 0.25) is 0 Å². The topological polar surface area (TPSA) is 100 Å². The molecule has 0 spiro atoms. The van der Waals surface area contributed by atoms with Gasteiger partial charge in [-0.15, -0.1) is 0 Å². The maximum atomic E-state index is 12.5. The molecule has 0 atom stereocenters. The fourth-order valence-electron chi connectivity index (χ4n) is 2.91. The normalized spacial score (nSPS) is 10.8. The molecule has 7 nitrogen and oxygen atoms in total. The van der Waals surface area contributed by atoms with Gasteiger partial charge in [0.05, 0.1) is 11.6 Å². The summed E-state index contributed by atoms with van der Waals surface area (Å²) in [5.41, 5.74) is 1.41. The second-order valence-electron chi connectivity index (χ2n) is 7.01. The molecule has 0 radical (unpaired) electrons. The molecule has 0 fully saturated rings. The van der Waals surface area contributed by atoms with Gasteiger partial charge in [0.1, 0.15) is 11.6 Å². The lowest BCUT2D eigenvalue weighted by Crippen LogP contribution is -2.20. The third-order valence-electron chi connectivity index (χ3n) is 4.49. The Labute approximate surface area is 220 Å². The Bertz CT molecular complexity index is 1320. The van der Waals surface area contributed by atoms with Crippen LogP contribution in [-0.2, 0) is 9.59 Å². The monoisotopic (exact) mass is 573 g/mol. The maximum Gasteiger partial charge on any atom is 0.266 e. The lowest BCUT2D eigenvalue weighted by Gasteiger charge is -2.14. The number of hydrogen-bond donors (Lipinski definition) is 2. The highest BCUT2D eigenvalue weighted by atomic mass is 79.9. The van der Waals surface area contributed by atoms with E-state index in [0.29, 0.717) is 37.2 Å². The van der Waals surface area contributed by atoms with Crippen LogP contribution < -0.4 is 20.1 Å². The Morgan fingerprint density at radius 3 is 2.43 bits per heavy atom. The molecule has 2 N–H and O–H groups in total. The summed E-state index contributed by atoms with van der Waals surface area (Å²) in [6.07, 6.45) is 1.41. The van der Waals surface area contributed by atoms with Crippen molar-refractivity contribution in [2.75, 3.05) is 24.4 Å². The average molecular weight is 575 g/mol. The van der Waals surface area contributed by atoms with Crippen LogP contribution in [0, 0.1) is 11.3 Å². The zero-order chi connectivity index (χ0) is 25.4. The molecule has 3 aromatic rings. The molecule has 35 heavy (non-hydrogen) atoms. The van der Waals surface area contributed by atoms with Crippen molar-refractivity contribution < 1.29 is 19.1 Å². The standard InChI is InChI=1S/C25H18BrCl2N3O4/c1-34-22-11-15(9-16(13-29)25(33)31-20-4-2-3-18(28)12-20)10-21(26)24(22)35-14-23(32)30-19-7-5-17(27)6-8-19/h2-12H,14H2,1H3,(H,30,32)(H,31,33)/b16-9+. The quantitative estimate of drug-likeness (QED) is 0.242. The smallest absolute Gasteiger partial charge is 0.266 e. The minimum absolute atomic E-state index is 0.130. The fourth-order valence-corrected chi connectivity index (χ4v) is 3.80. The maximum absolute atomic E-state index is 12.5. The first-order valence-corrected chi connectivity index (χ1v) is 11.6. The Balaban J connectivity index is 1.73. The largest absolute Gasteiger partial charge is 0.493 e. The Morgan fingerprint density at radius 2 is 1.77 bits per heavy atom. The summed E-state index contributed by atoms with van der Waals surface area (Å²) >= 11 is 15.2. The molecule has 0 unspecified atom stereocenters. The number of anilines is 2. The first-order valence-electron chi connectivity index (χ1n) is 10.0. The summed E-state index contributed by atoms with van der Waals surface area (Å²) in [7, 11) is 1.44. The molecule has 0 aliphatic rings. The van der Waals surface area contributed by atoms with E-state index >= 15 is 0 Å². The summed E-state index contributed by atoms with van der Waals surface area (Å²) in [5, 5.41) is 15.8. The van der Waals surface area contributed by atoms with Crippen LogP contribution in [-0.4, -0.2) is 25.5 Å². The molecule has 3 rings (SSSR count). The van der Waals surface area contributed by atoms with E-state index < -0.39 is 5.91 Å². The minimum atomic E-state index is -0.593. The van der Waals surface area contributed by atoms with Gasteiger partial charge < -0.3 is 20.1 Å². The van der Waals surface area contributed by atoms with E-state index in [1.807, 2.05) is 6.07 Å². The molecule has 0 saturated heterocycles. The van der Waals surface area contributed by atoms with Gasteiger partial charge in [-0.05, 0) is 82.2 Å². The predicted molar refractivity (Wildman–Crippen MR) is 140 cm³/mol. The second-order valence-corrected chi connectivity index (χ2v) is 8.74. The van der Waals surface area contributed by atoms with Crippen molar-refractivity contribution in [3.05, 3.63) is 86.3 Å². The summed E-state index contributed by atoms with van der Waals surface area (Å²) in [6, 6.07) is 18.4. The number of halogens is 3. The highest BCUT2D eigenvalue weighted by Crippen LogP contribution is 2.37. The van der Waals surface area contributed by atoms with Gasteiger partial charge in [-0.3, -0.25) is 9.59 Å². The number of ether oxygens (including phenoxy) is 2. The van der Waals surface area contributed by atoms with Crippen LogP contribution in [0.15, 0.2) is 70.7 Å². The van der Waals surface area contributed by atoms with Crippen molar-refractivity contribution in [1.82, 2.24) is 0 Å². The molecule has 0 aromatic heterocycles. The van der Waals surface area contributed by atoms with E-state index in [9.17, 15) is 14.9 Å². The molecule has 10 heteroatoms. The molecule has 3 aromatic carbocycles. The van der Waals surface area contributed by atoms with Gasteiger partial charge in [-0.2, -0.15) is 5.26 Å². The van der Waals surface area contributed by atoms with Crippen LogP contribution in [0.1, 0.15) is 5.56 Å². The number of benzene rings is 3. The van der Waals surface area contributed by atoms with Crippen LogP contribution in [0.3, 0.4) is 0 Å². The second kappa shape index (κ2) is 12.3. The molecule has 0 heterocycles. The fraction of sp³-hybridized carbons (Fsp3) is 0.0800. The molecule has 0 bridgehead atoms. The summed E-state index contributed by atoms with van der Waals surface area (Å²) in [6.45, 7) is -0.280. The number of carbonyl (C=O) groups excluding carboxylic acids is 2. The number of nitriles is 1. The van der Waals surface area contributed by atoms with Crippen molar-refractivity contribution in [1.29, 1.82) is 5.26 Å². The van der Waals surface area contributed by atoms with Gasteiger partial charge in [0.15, 0.2) is 18.1 Å². The van der Waals surface area contributed by atoms with Crippen molar-refractivity contribution >= 4 is 68.4 Å². The number of hydrogen-bond acceptors (Lipinski definition) is 5. The highest BCUT2D eigenvalue weighted by molar-refractivity contribution is 9.10. The van der Waals surface area contributed by atoms with Crippen LogP contribution in [0.4, 0.5) is 11.4 Å². The van der Waals surface area contributed by atoms with E-state index in [1.54, 1.807) is 60.7 Å². The lowest BCUT2D eigenvalue weighted by molar-refractivity contribution is -0.118. The van der Waals surface area contributed by atoms with Crippen LogP contribution in [0.2, 0.25) is 10.0 Å². The summed E-state index contributed by atoms with van der Waals surface area (Å²) in [5.74, 6) is -0.381. The van der Waals surface area contributed by atoms with E-state index in [0.717, 1.165) is 0 Å². The third kappa shape index (κ3) is 7.49. The number of amides is 2. The zero-order valence-electron chi connectivity index (χ0n) is 18.3. The molecule has 0 aliphatic heterocycles. The van der Waals surface area contributed by atoms with Crippen LogP contribution in [0.25, 0.3) is 6.08 Å². The Hall–Kier alpha value is -3.51. The van der Waals surface area contributed by atoms with Crippen molar-refractivity contribution in [3.8, 4) is 17.6 Å². The first kappa shape index (κ1) is 26.1. The number of methoxy groups -OCH3 is 1. The molecule has 2 amide bonds. The molecule has 178 valence electrons. The molecular formula is C25H18BrCl2N3O4. The Kier molecular flexibility index (Phi) is 9.15. The third-order valence-corrected chi connectivity index (χ3v) is 5.56. The van der Waals surface area contributed by atoms with Gasteiger partial charge in [-0.1, -0.05) is 29.3 Å². The van der Waals surface area contributed by atoms with Gasteiger partial charge in [0.25, 0.3) is 11.8 Å². The van der Waals surface area contributed by atoms with Crippen molar-refractivity contribution in [2.45, 2.75) is 0 Å².